The first kappa shape index (κ1) is 13.5. The smallest absolute Gasteiger partial charge is 0.141 e. The molecule has 0 saturated heterocycles. The molecule has 2 nitrogen and oxygen atoms in total. The summed E-state index contributed by atoms with van der Waals surface area (Å²) < 4.78 is 0. The van der Waals surface area contributed by atoms with Gasteiger partial charge in [-0.15, -0.1) is 0 Å². The summed E-state index contributed by atoms with van der Waals surface area (Å²) in [5, 5.41) is 0. The second-order valence-electron chi connectivity index (χ2n) is 5.13. The first-order valence-electron chi connectivity index (χ1n) is 6.53. The average Bonchev–Trinajstić information content (AvgIpc) is 2.35. The zero-order chi connectivity index (χ0) is 13.8. The van der Waals surface area contributed by atoms with Gasteiger partial charge in [-0.25, -0.2) is 0 Å². The van der Waals surface area contributed by atoms with Crippen LogP contribution in [0.25, 0.3) is 0 Å². The molecule has 2 rings (SSSR count). The zero-order valence-corrected chi connectivity index (χ0v) is 11.7. The zero-order valence-electron chi connectivity index (χ0n) is 11.7. The van der Waals surface area contributed by atoms with Gasteiger partial charge in [-0.1, -0.05) is 23.8 Å². The number of pyridine rings is 1. The Morgan fingerprint density at radius 1 is 1.11 bits per heavy atom. The van der Waals surface area contributed by atoms with Crippen LogP contribution < -0.4 is 0 Å². The molecule has 1 aromatic carbocycles. The van der Waals surface area contributed by atoms with Gasteiger partial charge in [0.25, 0.3) is 0 Å². The van der Waals surface area contributed by atoms with Gasteiger partial charge in [-0.3, -0.25) is 9.78 Å². The van der Waals surface area contributed by atoms with Crippen molar-refractivity contribution >= 4 is 5.78 Å². The molecule has 0 bridgehead atoms. The fourth-order valence-electron chi connectivity index (χ4n) is 2.48. The highest BCUT2D eigenvalue weighted by Crippen LogP contribution is 2.17. The van der Waals surface area contributed by atoms with Gasteiger partial charge in [0.1, 0.15) is 5.78 Å². The van der Waals surface area contributed by atoms with E-state index in [-0.39, 0.29) is 5.78 Å². The number of hydrogen-bond donors (Lipinski definition) is 0. The monoisotopic (exact) mass is 253 g/mol. The lowest BCUT2D eigenvalue weighted by atomic mass is 9.94. The molecule has 19 heavy (non-hydrogen) atoms. The third-order valence-corrected chi connectivity index (χ3v) is 3.34. The van der Waals surface area contributed by atoms with E-state index in [1.807, 2.05) is 12.1 Å². The number of aryl methyl sites for hydroxylation is 3. The van der Waals surface area contributed by atoms with Gasteiger partial charge in [0.05, 0.1) is 0 Å². The number of benzene rings is 1. The number of rotatable bonds is 4. The lowest BCUT2D eigenvalue weighted by Gasteiger charge is -2.10. The van der Waals surface area contributed by atoms with Crippen LogP contribution in [0.1, 0.15) is 27.8 Å². The van der Waals surface area contributed by atoms with Gasteiger partial charge in [0, 0.05) is 25.2 Å². The molecule has 0 unspecified atom stereocenters. The third kappa shape index (κ3) is 3.50. The summed E-state index contributed by atoms with van der Waals surface area (Å²) in [6.45, 7) is 6.24. The second-order valence-corrected chi connectivity index (χ2v) is 5.13. The molecular weight excluding hydrogens is 234 g/mol. The van der Waals surface area contributed by atoms with E-state index in [1.54, 1.807) is 12.4 Å². The Morgan fingerprint density at radius 3 is 2.37 bits per heavy atom. The fourth-order valence-corrected chi connectivity index (χ4v) is 2.48. The van der Waals surface area contributed by atoms with Crippen LogP contribution >= 0.6 is 0 Å². The van der Waals surface area contributed by atoms with Gasteiger partial charge in [0.2, 0.25) is 0 Å². The van der Waals surface area contributed by atoms with Crippen molar-refractivity contribution in [1.82, 2.24) is 4.98 Å². The Hall–Kier alpha value is -1.96. The quantitative estimate of drug-likeness (QED) is 0.836. The van der Waals surface area contributed by atoms with Crippen LogP contribution in [0.3, 0.4) is 0 Å². The highest BCUT2D eigenvalue weighted by atomic mass is 16.1. The molecule has 1 heterocycles. The summed E-state index contributed by atoms with van der Waals surface area (Å²) in [6, 6.07) is 8.09. The summed E-state index contributed by atoms with van der Waals surface area (Å²) in [4.78, 5) is 16.2. The Balaban J connectivity index is 2.12. The Bertz CT molecular complexity index is 564. The molecule has 0 N–H and O–H groups in total. The highest BCUT2D eigenvalue weighted by molar-refractivity contribution is 5.83. The molecule has 0 aliphatic rings. The average molecular weight is 253 g/mol. The first-order valence-corrected chi connectivity index (χ1v) is 6.53. The van der Waals surface area contributed by atoms with Crippen LogP contribution in [0, 0.1) is 20.8 Å². The second kappa shape index (κ2) is 5.79. The van der Waals surface area contributed by atoms with Crippen LogP contribution in [0.15, 0.2) is 36.7 Å². The van der Waals surface area contributed by atoms with Crippen molar-refractivity contribution in [1.29, 1.82) is 0 Å². The summed E-state index contributed by atoms with van der Waals surface area (Å²) in [5.74, 6) is 0.239. The molecule has 0 saturated carbocycles. The molecule has 0 fully saturated rings. The van der Waals surface area contributed by atoms with Crippen molar-refractivity contribution in [3.63, 3.8) is 0 Å². The molecule has 0 aliphatic carbocycles. The predicted molar refractivity (Wildman–Crippen MR) is 77.3 cm³/mol. The van der Waals surface area contributed by atoms with Gasteiger partial charge in [-0.05, 0) is 49.1 Å². The number of aromatic nitrogens is 1. The predicted octanol–water partition coefficient (Wildman–Crippen LogP) is 3.36. The molecular formula is C17H19NO. The van der Waals surface area contributed by atoms with Crippen LogP contribution in [0.5, 0.6) is 0 Å². The normalized spacial score (nSPS) is 10.5. The molecule has 0 radical (unpaired) electrons. The lowest BCUT2D eigenvalue weighted by molar-refractivity contribution is -0.117. The van der Waals surface area contributed by atoms with E-state index in [4.69, 9.17) is 0 Å². The van der Waals surface area contributed by atoms with Crippen molar-refractivity contribution in [2.24, 2.45) is 0 Å². The maximum absolute atomic E-state index is 12.1. The van der Waals surface area contributed by atoms with Crippen LogP contribution in [0.2, 0.25) is 0 Å². The Labute approximate surface area is 114 Å². The van der Waals surface area contributed by atoms with Crippen molar-refractivity contribution < 1.29 is 4.79 Å². The molecule has 0 amide bonds. The maximum atomic E-state index is 12.1. The topological polar surface area (TPSA) is 30.0 Å². The van der Waals surface area contributed by atoms with E-state index in [9.17, 15) is 4.79 Å². The number of carbonyl (C=O) groups excluding carboxylic acids is 1. The molecule has 2 heteroatoms. The number of ketones is 1. The van der Waals surface area contributed by atoms with E-state index in [2.05, 4.69) is 37.9 Å². The minimum Gasteiger partial charge on any atom is -0.299 e. The first-order chi connectivity index (χ1) is 9.06. The molecule has 2 aromatic rings. The van der Waals surface area contributed by atoms with Crippen molar-refractivity contribution in [2.45, 2.75) is 33.6 Å². The SMILES string of the molecule is Cc1cc(C)c(CC(=O)Cc2cccnc2)c(C)c1. The lowest BCUT2D eigenvalue weighted by Crippen LogP contribution is -2.09. The summed E-state index contributed by atoms with van der Waals surface area (Å²) >= 11 is 0. The molecule has 0 atom stereocenters. The number of Topliss-reactive ketones (excluding diaryl/α,β-unsaturated/α-hetero) is 1. The number of nitrogens with zero attached hydrogens (tertiary/aromatic N) is 1. The Morgan fingerprint density at radius 2 is 1.79 bits per heavy atom. The molecule has 0 aliphatic heterocycles. The van der Waals surface area contributed by atoms with Gasteiger partial charge in [0.15, 0.2) is 0 Å². The molecule has 98 valence electrons. The summed E-state index contributed by atoms with van der Waals surface area (Å²) in [7, 11) is 0. The van der Waals surface area contributed by atoms with E-state index < -0.39 is 0 Å². The third-order valence-electron chi connectivity index (χ3n) is 3.34. The molecule has 0 spiro atoms. The largest absolute Gasteiger partial charge is 0.299 e. The number of carbonyl (C=O) groups is 1. The van der Waals surface area contributed by atoms with E-state index in [0.29, 0.717) is 12.8 Å². The standard InChI is InChI=1S/C17H19NO/c1-12-7-13(2)17(14(3)8-12)10-16(19)9-15-5-4-6-18-11-15/h4-8,11H,9-10H2,1-3H3. The van der Waals surface area contributed by atoms with Crippen molar-refractivity contribution in [2.75, 3.05) is 0 Å². The van der Waals surface area contributed by atoms with Crippen LogP contribution in [0.4, 0.5) is 0 Å². The minimum absolute atomic E-state index is 0.239. The highest BCUT2D eigenvalue weighted by Gasteiger charge is 2.10. The van der Waals surface area contributed by atoms with Gasteiger partial charge < -0.3 is 0 Å². The van der Waals surface area contributed by atoms with Crippen LogP contribution in [-0.4, -0.2) is 10.8 Å². The van der Waals surface area contributed by atoms with E-state index in [1.165, 1.54) is 22.3 Å². The van der Waals surface area contributed by atoms with Crippen molar-refractivity contribution in [3.8, 4) is 0 Å². The van der Waals surface area contributed by atoms with Gasteiger partial charge >= 0.3 is 0 Å². The summed E-state index contributed by atoms with van der Waals surface area (Å²) in [5.41, 5.74) is 5.81. The number of hydrogen-bond acceptors (Lipinski definition) is 2. The Kier molecular flexibility index (Phi) is 4.10. The van der Waals surface area contributed by atoms with Crippen LogP contribution in [-0.2, 0) is 17.6 Å². The van der Waals surface area contributed by atoms with E-state index >= 15 is 0 Å². The molecule has 1 aromatic heterocycles. The fraction of sp³-hybridized carbons (Fsp3) is 0.294. The maximum Gasteiger partial charge on any atom is 0.141 e. The minimum atomic E-state index is 0.239. The van der Waals surface area contributed by atoms with E-state index in [0.717, 1.165) is 5.56 Å². The van der Waals surface area contributed by atoms with Crippen molar-refractivity contribution in [3.05, 3.63) is 64.5 Å². The summed E-state index contributed by atoms with van der Waals surface area (Å²) in [6.07, 6.45) is 4.45. The van der Waals surface area contributed by atoms with Gasteiger partial charge in [-0.2, -0.15) is 0 Å².